The zero-order chi connectivity index (χ0) is 18.7. The Kier molecular flexibility index (Phi) is 5.72. The summed E-state index contributed by atoms with van der Waals surface area (Å²) in [4.78, 5) is 16.0. The summed E-state index contributed by atoms with van der Waals surface area (Å²) < 4.78 is 28.3. The van der Waals surface area contributed by atoms with Crippen LogP contribution >= 0.6 is 0 Å². The summed E-state index contributed by atoms with van der Waals surface area (Å²) in [6.07, 6.45) is 0.529. The lowest BCUT2D eigenvalue weighted by Gasteiger charge is -2.36. The lowest BCUT2D eigenvalue weighted by atomic mass is 10.1. The molecule has 1 amide bonds. The number of amides is 1. The second kappa shape index (κ2) is 7.84. The van der Waals surface area contributed by atoms with Crippen LogP contribution in [0.25, 0.3) is 0 Å². The molecule has 0 radical (unpaired) electrons. The number of carbonyl (C=O) groups excluding carboxylic acids is 1. The Labute approximate surface area is 155 Å². The highest BCUT2D eigenvalue weighted by Gasteiger charge is 2.33. The van der Waals surface area contributed by atoms with Crippen molar-refractivity contribution in [3.63, 3.8) is 0 Å². The highest BCUT2D eigenvalue weighted by atomic mass is 32.2. The van der Waals surface area contributed by atoms with Gasteiger partial charge in [-0.15, -0.1) is 0 Å². The average molecular weight is 383 g/mol. The molecular formula is C18H28N3O4S+. The molecule has 26 heavy (non-hydrogen) atoms. The number of hydrogen-bond acceptors (Lipinski definition) is 5. The van der Waals surface area contributed by atoms with Crippen LogP contribution in [0.5, 0.6) is 5.75 Å². The fourth-order valence-corrected chi connectivity index (χ4v) is 5.37. The zero-order valence-electron chi connectivity index (χ0n) is 15.4. The number of rotatable bonds is 5. The van der Waals surface area contributed by atoms with Crippen molar-refractivity contribution in [2.45, 2.75) is 25.4 Å². The van der Waals surface area contributed by atoms with Crippen LogP contribution in [0.15, 0.2) is 24.3 Å². The van der Waals surface area contributed by atoms with Gasteiger partial charge in [0.25, 0.3) is 5.91 Å². The normalized spacial score (nSPS) is 24.2. The zero-order valence-corrected chi connectivity index (χ0v) is 16.2. The molecule has 0 spiro atoms. The van der Waals surface area contributed by atoms with Gasteiger partial charge in [-0.05, 0) is 37.6 Å². The van der Waals surface area contributed by atoms with E-state index in [4.69, 9.17) is 4.74 Å². The number of nitrogens with one attached hydrogen (secondary N) is 2. The Morgan fingerprint density at radius 1 is 1.27 bits per heavy atom. The molecule has 8 heteroatoms. The molecule has 0 saturated carbocycles. The van der Waals surface area contributed by atoms with E-state index in [9.17, 15) is 13.2 Å². The molecule has 0 aromatic heterocycles. The Morgan fingerprint density at radius 3 is 2.46 bits per heavy atom. The molecule has 144 valence electrons. The molecule has 1 aromatic rings. The number of sulfone groups is 1. The van der Waals surface area contributed by atoms with Crippen molar-refractivity contribution in [2.24, 2.45) is 0 Å². The van der Waals surface area contributed by atoms with Gasteiger partial charge in [-0.1, -0.05) is 0 Å². The second-order valence-corrected chi connectivity index (χ2v) is 9.40. The number of piperazine rings is 1. The van der Waals surface area contributed by atoms with Crippen LogP contribution in [0.3, 0.4) is 0 Å². The fourth-order valence-electron chi connectivity index (χ4n) is 3.70. The van der Waals surface area contributed by atoms with Crippen molar-refractivity contribution >= 4 is 21.4 Å². The van der Waals surface area contributed by atoms with E-state index in [1.54, 1.807) is 7.11 Å². The topological polar surface area (TPSA) is 80.2 Å². The third-order valence-electron chi connectivity index (χ3n) is 5.43. The van der Waals surface area contributed by atoms with Crippen LogP contribution in [0.1, 0.15) is 13.3 Å². The molecule has 2 aliphatic rings. The Morgan fingerprint density at radius 2 is 1.92 bits per heavy atom. The van der Waals surface area contributed by atoms with Crippen LogP contribution < -0.4 is 19.9 Å². The molecular weight excluding hydrogens is 354 g/mol. The number of quaternary nitrogens is 1. The van der Waals surface area contributed by atoms with E-state index in [2.05, 4.69) is 22.3 Å². The third kappa shape index (κ3) is 4.48. The maximum Gasteiger partial charge on any atom is 0.278 e. The molecule has 2 saturated heterocycles. The number of anilines is 1. The van der Waals surface area contributed by atoms with Gasteiger partial charge in [-0.3, -0.25) is 4.79 Å². The van der Waals surface area contributed by atoms with Crippen molar-refractivity contribution in [1.82, 2.24) is 5.32 Å². The average Bonchev–Trinajstić information content (AvgIpc) is 2.99. The van der Waals surface area contributed by atoms with Gasteiger partial charge in [0.1, 0.15) is 5.75 Å². The smallest absolute Gasteiger partial charge is 0.278 e. The van der Waals surface area contributed by atoms with Gasteiger partial charge in [0.2, 0.25) is 0 Å². The van der Waals surface area contributed by atoms with Crippen LogP contribution in [0, 0.1) is 0 Å². The van der Waals surface area contributed by atoms with E-state index in [0.29, 0.717) is 6.42 Å². The molecule has 1 aromatic carbocycles. The summed E-state index contributed by atoms with van der Waals surface area (Å²) in [5.41, 5.74) is 1.16. The van der Waals surface area contributed by atoms with E-state index in [1.165, 1.54) is 4.90 Å². The molecule has 7 nitrogen and oxygen atoms in total. The van der Waals surface area contributed by atoms with Crippen molar-refractivity contribution in [3.05, 3.63) is 24.3 Å². The van der Waals surface area contributed by atoms with Crippen LogP contribution in [0.4, 0.5) is 5.69 Å². The number of ether oxygens (including phenoxy) is 1. The number of benzene rings is 1. The SMILES string of the molecule is COc1ccc(N2CC[NH+]([C@@H](C)C(=O)N[C@H]3CCS(=O)(=O)C3)CC2)cc1. The largest absolute Gasteiger partial charge is 0.497 e. The highest BCUT2D eigenvalue weighted by Crippen LogP contribution is 2.19. The molecule has 0 unspecified atom stereocenters. The quantitative estimate of drug-likeness (QED) is 0.689. The summed E-state index contributed by atoms with van der Waals surface area (Å²) in [5.74, 6) is 1.06. The number of carbonyl (C=O) groups is 1. The lowest BCUT2D eigenvalue weighted by Crippen LogP contribution is -3.19. The first-order chi connectivity index (χ1) is 12.4. The van der Waals surface area contributed by atoms with Crippen LogP contribution in [-0.4, -0.2) is 71.2 Å². The number of methoxy groups -OCH3 is 1. The van der Waals surface area contributed by atoms with Gasteiger partial charge in [0.05, 0.1) is 44.8 Å². The van der Waals surface area contributed by atoms with Crippen molar-refractivity contribution in [1.29, 1.82) is 0 Å². The fraction of sp³-hybridized carbons (Fsp3) is 0.611. The van der Waals surface area contributed by atoms with Gasteiger partial charge in [-0.25, -0.2) is 8.42 Å². The molecule has 0 bridgehead atoms. The lowest BCUT2D eigenvalue weighted by molar-refractivity contribution is -0.914. The van der Waals surface area contributed by atoms with E-state index >= 15 is 0 Å². The summed E-state index contributed by atoms with van der Waals surface area (Å²) in [6, 6.07) is 7.63. The minimum Gasteiger partial charge on any atom is -0.497 e. The highest BCUT2D eigenvalue weighted by molar-refractivity contribution is 7.91. The van der Waals surface area contributed by atoms with Crippen molar-refractivity contribution < 1.29 is 22.8 Å². The van der Waals surface area contributed by atoms with Gasteiger partial charge >= 0.3 is 0 Å². The van der Waals surface area contributed by atoms with E-state index < -0.39 is 9.84 Å². The van der Waals surface area contributed by atoms with Gasteiger partial charge < -0.3 is 19.9 Å². The molecule has 2 heterocycles. The molecule has 0 aliphatic carbocycles. The second-order valence-electron chi connectivity index (χ2n) is 7.17. The summed E-state index contributed by atoms with van der Waals surface area (Å²) in [5, 5.41) is 2.92. The first kappa shape index (κ1) is 19.0. The molecule has 2 N–H and O–H groups in total. The Bertz CT molecular complexity index is 727. The maximum absolute atomic E-state index is 12.5. The summed E-state index contributed by atoms with van der Waals surface area (Å²) in [6.45, 7) is 5.46. The van der Waals surface area contributed by atoms with Gasteiger partial charge in [0, 0.05) is 11.7 Å². The van der Waals surface area contributed by atoms with Gasteiger partial charge in [0.15, 0.2) is 15.9 Å². The van der Waals surface area contributed by atoms with Crippen LogP contribution in [-0.2, 0) is 14.6 Å². The minimum absolute atomic E-state index is 0.0417. The minimum atomic E-state index is -2.97. The van der Waals surface area contributed by atoms with Crippen molar-refractivity contribution in [2.75, 3.05) is 49.7 Å². The van der Waals surface area contributed by atoms with Crippen molar-refractivity contribution in [3.8, 4) is 5.75 Å². The first-order valence-corrected chi connectivity index (χ1v) is 10.9. The maximum atomic E-state index is 12.5. The summed E-state index contributed by atoms with van der Waals surface area (Å²) in [7, 11) is -1.31. The monoisotopic (exact) mass is 382 g/mol. The van der Waals surface area contributed by atoms with E-state index in [1.807, 2.05) is 19.1 Å². The van der Waals surface area contributed by atoms with Gasteiger partial charge in [-0.2, -0.15) is 0 Å². The molecule has 3 rings (SSSR count). The predicted molar refractivity (Wildman–Crippen MR) is 101 cm³/mol. The van der Waals surface area contributed by atoms with Crippen LogP contribution in [0.2, 0.25) is 0 Å². The molecule has 2 aliphatic heterocycles. The van der Waals surface area contributed by atoms with E-state index in [0.717, 1.165) is 37.6 Å². The molecule has 2 atom stereocenters. The first-order valence-electron chi connectivity index (χ1n) is 9.12. The Balaban J connectivity index is 1.49. The van der Waals surface area contributed by atoms with E-state index in [-0.39, 0.29) is 29.5 Å². The number of hydrogen-bond donors (Lipinski definition) is 2. The standard InChI is InChI=1S/C18H27N3O4S/c1-14(18(22)19-15-7-12-26(23,24)13-15)20-8-10-21(11-9-20)16-3-5-17(25-2)6-4-16/h3-6,14-15H,7-13H2,1-2H3,(H,19,22)/p+1/t14-,15-/m0/s1. The Hall–Kier alpha value is -1.80. The summed E-state index contributed by atoms with van der Waals surface area (Å²) >= 11 is 0. The molecule has 2 fully saturated rings. The number of nitrogens with zero attached hydrogens (tertiary/aromatic N) is 1. The predicted octanol–water partition coefficient (Wildman–Crippen LogP) is -0.908. The third-order valence-corrected chi connectivity index (χ3v) is 7.20.